The van der Waals surface area contributed by atoms with E-state index in [1.54, 1.807) is 12.1 Å². The molecule has 0 spiro atoms. The molecule has 142 valence electrons. The average Bonchev–Trinajstić information content (AvgIpc) is 3.48. The Balaban J connectivity index is 1.19. The summed E-state index contributed by atoms with van der Waals surface area (Å²) >= 11 is 0. The van der Waals surface area contributed by atoms with Crippen LogP contribution in [0.3, 0.4) is 0 Å². The fourth-order valence-corrected chi connectivity index (χ4v) is 4.22. The quantitative estimate of drug-likeness (QED) is 0.786. The number of nitrogens with zero attached hydrogens (tertiary/aromatic N) is 1. The SMILES string of the molecule is O=C(O)c1cccc(CN2CCC(CN[C@@H]3C[C@H]3c3ccccc3)CC2)c1. The zero-order valence-corrected chi connectivity index (χ0v) is 15.7. The van der Waals surface area contributed by atoms with Crippen LogP contribution < -0.4 is 5.32 Å². The molecule has 0 bridgehead atoms. The number of benzene rings is 2. The third-order valence-corrected chi connectivity index (χ3v) is 5.97. The zero-order chi connectivity index (χ0) is 18.6. The first-order chi connectivity index (χ1) is 13.2. The Hall–Kier alpha value is -2.17. The van der Waals surface area contributed by atoms with Gasteiger partial charge >= 0.3 is 5.97 Å². The Morgan fingerprint density at radius 1 is 1.07 bits per heavy atom. The van der Waals surface area contributed by atoms with Crippen LogP contribution in [0.5, 0.6) is 0 Å². The normalized spacial score (nSPS) is 23.3. The van der Waals surface area contributed by atoms with Crippen molar-refractivity contribution in [3.63, 3.8) is 0 Å². The number of likely N-dealkylation sites (tertiary alicyclic amines) is 1. The van der Waals surface area contributed by atoms with Crippen molar-refractivity contribution in [3.05, 3.63) is 71.3 Å². The Morgan fingerprint density at radius 2 is 1.85 bits per heavy atom. The molecule has 0 aromatic heterocycles. The molecule has 4 heteroatoms. The van der Waals surface area contributed by atoms with Crippen LogP contribution in [0.15, 0.2) is 54.6 Å². The lowest BCUT2D eigenvalue weighted by molar-refractivity contribution is 0.0696. The summed E-state index contributed by atoms with van der Waals surface area (Å²) in [5.74, 6) is 0.604. The third-order valence-electron chi connectivity index (χ3n) is 5.97. The van der Waals surface area contributed by atoms with Crippen molar-refractivity contribution in [2.75, 3.05) is 19.6 Å². The highest BCUT2D eigenvalue weighted by atomic mass is 16.4. The minimum absolute atomic E-state index is 0.379. The number of piperidine rings is 1. The Kier molecular flexibility index (Phi) is 5.55. The van der Waals surface area contributed by atoms with Crippen LogP contribution in [0.2, 0.25) is 0 Å². The molecule has 1 heterocycles. The van der Waals surface area contributed by atoms with Gasteiger partial charge in [0.1, 0.15) is 0 Å². The van der Waals surface area contributed by atoms with E-state index in [-0.39, 0.29) is 0 Å². The Bertz CT molecular complexity index is 769. The van der Waals surface area contributed by atoms with Crippen LogP contribution in [0, 0.1) is 5.92 Å². The molecule has 4 rings (SSSR count). The summed E-state index contributed by atoms with van der Waals surface area (Å²) in [5.41, 5.74) is 2.94. The largest absolute Gasteiger partial charge is 0.478 e. The van der Waals surface area contributed by atoms with Crippen molar-refractivity contribution in [2.24, 2.45) is 5.92 Å². The molecule has 2 aromatic carbocycles. The predicted octanol–water partition coefficient (Wildman–Crippen LogP) is 3.74. The molecule has 1 saturated carbocycles. The molecule has 1 aliphatic heterocycles. The highest BCUT2D eigenvalue weighted by Crippen LogP contribution is 2.40. The highest BCUT2D eigenvalue weighted by Gasteiger charge is 2.38. The standard InChI is InChI=1S/C23H28N2O2/c26-23(27)20-8-4-5-18(13-20)16-25-11-9-17(10-12-25)15-24-22-14-21(22)19-6-2-1-3-7-19/h1-8,13,17,21-22,24H,9-12,14-16H2,(H,26,27)/t21-,22+/m0/s1. The number of carboxylic acid groups (broad SMARTS) is 1. The second kappa shape index (κ2) is 8.24. The van der Waals surface area contributed by atoms with E-state index in [0.717, 1.165) is 37.7 Å². The number of hydrogen-bond donors (Lipinski definition) is 2. The molecular weight excluding hydrogens is 336 g/mol. The first-order valence-corrected chi connectivity index (χ1v) is 10.0. The summed E-state index contributed by atoms with van der Waals surface area (Å²) in [4.78, 5) is 13.6. The summed E-state index contributed by atoms with van der Waals surface area (Å²) in [6, 6.07) is 18.8. The molecule has 1 saturated heterocycles. The van der Waals surface area contributed by atoms with Crippen molar-refractivity contribution < 1.29 is 9.90 Å². The maximum atomic E-state index is 11.1. The van der Waals surface area contributed by atoms with E-state index in [0.29, 0.717) is 17.5 Å². The Morgan fingerprint density at radius 3 is 2.59 bits per heavy atom. The molecule has 2 aromatic rings. The number of carboxylic acids is 1. The summed E-state index contributed by atoms with van der Waals surface area (Å²) < 4.78 is 0. The second-order valence-electron chi connectivity index (χ2n) is 7.99. The lowest BCUT2D eigenvalue weighted by Crippen LogP contribution is -2.37. The van der Waals surface area contributed by atoms with Crippen LogP contribution in [0.25, 0.3) is 0 Å². The van der Waals surface area contributed by atoms with Gasteiger partial charge < -0.3 is 10.4 Å². The minimum atomic E-state index is -0.851. The van der Waals surface area contributed by atoms with E-state index in [1.807, 2.05) is 12.1 Å². The van der Waals surface area contributed by atoms with E-state index >= 15 is 0 Å². The molecular formula is C23H28N2O2. The van der Waals surface area contributed by atoms with Crippen molar-refractivity contribution in [2.45, 2.75) is 37.8 Å². The molecule has 1 aliphatic carbocycles. The molecule has 2 fully saturated rings. The average molecular weight is 364 g/mol. The number of rotatable bonds is 7. The smallest absolute Gasteiger partial charge is 0.335 e. The summed E-state index contributed by atoms with van der Waals surface area (Å²) in [5, 5.41) is 12.9. The fraction of sp³-hybridized carbons (Fsp3) is 0.435. The van der Waals surface area contributed by atoms with Crippen LogP contribution >= 0.6 is 0 Å². The van der Waals surface area contributed by atoms with E-state index in [4.69, 9.17) is 5.11 Å². The van der Waals surface area contributed by atoms with Gasteiger partial charge in [0.2, 0.25) is 0 Å². The third kappa shape index (κ3) is 4.76. The zero-order valence-electron chi connectivity index (χ0n) is 15.7. The molecule has 27 heavy (non-hydrogen) atoms. The van der Waals surface area contributed by atoms with Crippen LogP contribution in [0.4, 0.5) is 0 Å². The molecule has 2 N–H and O–H groups in total. The van der Waals surface area contributed by atoms with E-state index in [1.165, 1.54) is 24.8 Å². The molecule has 0 radical (unpaired) electrons. The molecule has 0 amide bonds. The number of nitrogens with one attached hydrogen (secondary N) is 1. The summed E-state index contributed by atoms with van der Waals surface area (Å²) in [6.45, 7) is 4.16. The maximum absolute atomic E-state index is 11.1. The molecule has 4 nitrogen and oxygen atoms in total. The second-order valence-corrected chi connectivity index (χ2v) is 7.99. The van der Waals surface area contributed by atoms with Crippen molar-refractivity contribution in [1.29, 1.82) is 0 Å². The lowest BCUT2D eigenvalue weighted by atomic mass is 9.96. The highest BCUT2D eigenvalue weighted by molar-refractivity contribution is 5.87. The predicted molar refractivity (Wildman–Crippen MR) is 107 cm³/mol. The van der Waals surface area contributed by atoms with Crippen molar-refractivity contribution in [3.8, 4) is 0 Å². The van der Waals surface area contributed by atoms with Gasteiger partial charge in [0.15, 0.2) is 0 Å². The van der Waals surface area contributed by atoms with Gasteiger partial charge in [0, 0.05) is 18.5 Å². The molecule has 2 atom stereocenters. The van der Waals surface area contributed by atoms with Crippen molar-refractivity contribution in [1.82, 2.24) is 10.2 Å². The number of carbonyl (C=O) groups is 1. The molecule has 2 aliphatic rings. The van der Waals surface area contributed by atoms with E-state index in [2.05, 4.69) is 40.5 Å². The first kappa shape index (κ1) is 18.2. The van der Waals surface area contributed by atoms with Gasteiger partial charge in [-0.3, -0.25) is 4.90 Å². The van der Waals surface area contributed by atoms with Crippen LogP contribution in [-0.2, 0) is 6.54 Å². The summed E-state index contributed by atoms with van der Waals surface area (Å²) in [7, 11) is 0. The lowest BCUT2D eigenvalue weighted by Gasteiger charge is -2.32. The number of hydrogen-bond acceptors (Lipinski definition) is 3. The maximum Gasteiger partial charge on any atom is 0.335 e. The van der Waals surface area contributed by atoms with Gasteiger partial charge in [-0.05, 0) is 68.1 Å². The van der Waals surface area contributed by atoms with Crippen LogP contribution in [-0.4, -0.2) is 41.7 Å². The molecule has 0 unspecified atom stereocenters. The number of aromatic carboxylic acids is 1. The van der Waals surface area contributed by atoms with E-state index < -0.39 is 5.97 Å². The van der Waals surface area contributed by atoms with Crippen molar-refractivity contribution >= 4 is 5.97 Å². The van der Waals surface area contributed by atoms with Gasteiger partial charge in [-0.25, -0.2) is 4.79 Å². The Labute approximate surface area is 161 Å². The van der Waals surface area contributed by atoms with Crippen LogP contribution in [0.1, 0.15) is 46.7 Å². The van der Waals surface area contributed by atoms with Gasteiger partial charge in [-0.15, -0.1) is 0 Å². The monoisotopic (exact) mass is 364 g/mol. The fourth-order valence-electron chi connectivity index (χ4n) is 4.22. The van der Waals surface area contributed by atoms with E-state index in [9.17, 15) is 4.79 Å². The van der Waals surface area contributed by atoms with Gasteiger partial charge in [-0.2, -0.15) is 0 Å². The topological polar surface area (TPSA) is 52.6 Å². The van der Waals surface area contributed by atoms with Gasteiger partial charge in [0.25, 0.3) is 0 Å². The first-order valence-electron chi connectivity index (χ1n) is 10.0. The van der Waals surface area contributed by atoms with Gasteiger partial charge in [0.05, 0.1) is 5.56 Å². The van der Waals surface area contributed by atoms with Gasteiger partial charge in [-0.1, -0.05) is 42.5 Å². The summed E-state index contributed by atoms with van der Waals surface area (Å²) in [6.07, 6.45) is 3.70. The minimum Gasteiger partial charge on any atom is -0.478 e.